The number of rotatable bonds is 7. The molecule has 0 spiro atoms. The normalized spacial score (nSPS) is 16.2. The SMILES string of the molecule is CC(O)CCN(C)c1c(F)cc(CNC2CC2)cc1F. The fourth-order valence-corrected chi connectivity index (χ4v) is 2.13. The van der Waals surface area contributed by atoms with E-state index in [4.69, 9.17) is 0 Å². The summed E-state index contributed by atoms with van der Waals surface area (Å²) in [5.41, 5.74) is 0.598. The summed E-state index contributed by atoms with van der Waals surface area (Å²) in [6, 6.07) is 3.27. The van der Waals surface area contributed by atoms with Gasteiger partial charge in [-0.1, -0.05) is 0 Å². The Morgan fingerprint density at radius 2 is 1.95 bits per heavy atom. The minimum atomic E-state index is -0.550. The molecular weight excluding hydrogens is 262 g/mol. The summed E-state index contributed by atoms with van der Waals surface area (Å²) in [7, 11) is 1.63. The molecule has 1 atom stereocenters. The van der Waals surface area contributed by atoms with Crippen LogP contribution in [0.3, 0.4) is 0 Å². The van der Waals surface area contributed by atoms with Crippen LogP contribution < -0.4 is 10.2 Å². The zero-order valence-corrected chi connectivity index (χ0v) is 12.0. The lowest BCUT2D eigenvalue weighted by atomic mass is 10.1. The summed E-state index contributed by atoms with van der Waals surface area (Å²) in [6.07, 6.45) is 2.28. The van der Waals surface area contributed by atoms with Crippen LogP contribution in [0.15, 0.2) is 12.1 Å². The molecule has 0 heterocycles. The summed E-state index contributed by atoms with van der Waals surface area (Å²) < 4.78 is 28.1. The molecule has 1 aliphatic rings. The lowest BCUT2D eigenvalue weighted by molar-refractivity contribution is 0.186. The Morgan fingerprint density at radius 1 is 1.35 bits per heavy atom. The van der Waals surface area contributed by atoms with Crippen molar-refractivity contribution in [1.29, 1.82) is 0 Å². The number of anilines is 1. The Labute approximate surface area is 118 Å². The number of nitrogens with zero attached hydrogens (tertiary/aromatic N) is 1. The van der Waals surface area contributed by atoms with Crippen molar-refractivity contribution in [2.24, 2.45) is 0 Å². The first-order valence-electron chi connectivity index (χ1n) is 7.08. The minimum absolute atomic E-state index is 0.0270. The molecule has 0 amide bonds. The van der Waals surface area contributed by atoms with Gasteiger partial charge in [0, 0.05) is 26.2 Å². The first-order valence-corrected chi connectivity index (χ1v) is 7.08. The van der Waals surface area contributed by atoms with Crippen LogP contribution in [0.1, 0.15) is 31.7 Å². The molecule has 0 aromatic heterocycles. The Hall–Kier alpha value is -1.20. The number of aliphatic hydroxyl groups excluding tert-OH is 1. The molecule has 20 heavy (non-hydrogen) atoms. The lowest BCUT2D eigenvalue weighted by Gasteiger charge is -2.22. The van der Waals surface area contributed by atoms with Crippen molar-refractivity contribution in [3.8, 4) is 0 Å². The first kappa shape index (κ1) is 15.2. The van der Waals surface area contributed by atoms with Gasteiger partial charge in [-0.2, -0.15) is 0 Å². The van der Waals surface area contributed by atoms with Gasteiger partial charge in [-0.15, -0.1) is 0 Å². The Bertz CT molecular complexity index is 438. The molecule has 1 saturated carbocycles. The monoisotopic (exact) mass is 284 g/mol. The molecular formula is C15H22F2N2O. The highest BCUT2D eigenvalue weighted by molar-refractivity contribution is 5.50. The highest BCUT2D eigenvalue weighted by Gasteiger charge is 2.21. The van der Waals surface area contributed by atoms with Crippen LogP contribution in [0.25, 0.3) is 0 Å². The van der Waals surface area contributed by atoms with E-state index in [-0.39, 0.29) is 5.69 Å². The summed E-state index contributed by atoms with van der Waals surface area (Å²) >= 11 is 0. The van der Waals surface area contributed by atoms with Crippen molar-refractivity contribution < 1.29 is 13.9 Å². The number of hydrogen-bond donors (Lipinski definition) is 2. The number of halogens is 2. The van der Waals surface area contributed by atoms with Crippen LogP contribution in [0.4, 0.5) is 14.5 Å². The molecule has 5 heteroatoms. The third-order valence-corrected chi connectivity index (χ3v) is 3.51. The van der Waals surface area contributed by atoms with Crippen LogP contribution in [-0.2, 0) is 6.54 Å². The van der Waals surface area contributed by atoms with E-state index in [1.807, 2.05) is 0 Å². The summed E-state index contributed by atoms with van der Waals surface area (Å²) in [5.74, 6) is -1.10. The van der Waals surface area contributed by atoms with E-state index in [0.29, 0.717) is 31.1 Å². The van der Waals surface area contributed by atoms with Gasteiger partial charge in [0.15, 0.2) is 0 Å². The predicted octanol–water partition coefficient (Wildman–Crippen LogP) is 2.42. The molecule has 1 aromatic rings. The van der Waals surface area contributed by atoms with Crippen molar-refractivity contribution in [2.75, 3.05) is 18.5 Å². The van der Waals surface area contributed by atoms with Gasteiger partial charge in [0.1, 0.15) is 17.3 Å². The predicted molar refractivity (Wildman–Crippen MR) is 75.8 cm³/mol. The molecule has 2 rings (SSSR count). The van der Waals surface area contributed by atoms with E-state index >= 15 is 0 Å². The summed E-state index contributed by atoms with van der Waals surface area (Å²) in [5, 5.41) is 12.5. The maximum Gasteiger partial charge on any atom is 0.149 e. The topological polar surface area (TPSA) is 35.5 Å². The molecule has 1 unspecified atom stereocenters. The van der Waals surface area contributed by atoms with Gasteiger partial charge >= 0.3 is 0 Å². The number of benzene rings is 1. The third kappa shape index (κ3) is 4.15. The van der Waals surface area contributed by atoms with Crippen molar-refractivity contribution in [1.82, 2.24) is 5.32 Å². The minimum Gasteiger partial charge on any atom is -0.393 e. The van der Waals surface area contributed by atoms with Crippen LogP contribution in [-0.4, -0.2) is 30.8 Å². The van der Waals surface area contributed by atoms with Gasteiger partial charge in [0.05, 0.1) is 6.10 Å². The maximum absolute atomic E-state index is 14.1. The van der Waals surface area contributed by atoms with E-state index in [1.54, 1.807) is 14.0 Å². The van der Waals surface area contributed by atoms with Crippen molar-refractivity contribution in [3.63, 3.8) is 0 Å². The number of hydrogen-bond acceptors (Lipinski definition) is 3. The molecule has 2 N–H and O–H groups in total. The molecule has 0 bridgehead atoms. The van der Waals surface area contributed by atoms with E-state index in [2.05, 4.69) is 5.32 Å². The molecule has 1 fully saturated rings. The quantitative estimate of drug-likeness (QED) is 0.807. The van der Waals surface area contributed by atoms with E-state index in [1.165, 1.54) is 17.0 Å². The second-order valence-corrected chi connectivity index (χ2v) is 5.62. The fourth-order valence-electron chi connectivity index (χ4n) is 2.13. The van der Waals surface area contributed by atoms with Crippen molar-refractivity contribution in [3.05, 3.63) is 29.3 Å². The molecule has 0 aliphatic heterocycles. The Morgan fingerprint density at radius 3 is 2.45 bits per heavy atom. The van der Waals surface area contributed by atoms with Crippen LogP contribution in [0.5, 0.6) is 0 Å². The van der Waals surface area contributed by atoms with Gasteiger partial charge in [-0.05, 0) is 43.9 Å². The number of nitrogens with one attached hydrogen (secondary N) is 1. The zero-order valence-electron chi connectivity index (χ0n) is 12.0. The lowest BCUT2D eigenvalue weighted by Crippen LogP contribution is -2.24. The standard InChI is InChI=1S/C15H22F2N2O/c1-10(20)5-6-19(2)15-13(16)7-11(8-14(15)17)9-18-12-3-4-12/h7-8,10,12,18,20H,3-6,9H2,1-2H3. The van der Waals surface area contributed by atoms with Gasteiger partial charge in [0.2, 0.25) is 0 Å². The summed E-state index contributed by atoms with van der Waals surface area (Å²) in [4.78, 5) is 1.51. The Balaban J connectivity index is 2.04. The smallest absolute Gasteiger partial charge is 0.149 e. The molecule has 1 aromatic carbocycles. The zero-order chi connectivity index (χ0) is 14.7. The molecule has 0 radical (unpaired) electrons. The highest BCUT2D eigenvalue weighted by atomic mass is 19.1. The molecule has 112 valence electrons. The van der Waals surface area contributed by atoms with Crippen LogP contribution in [0.2, 0.25) is 0 Å². The van der Waals surface area contributed by atoms with E-state index < -0.39 is 17.7 Å². The first-order chi connectivity index (χ1) is 9.47. The molecule has 0 saturated heterocycles. The fraction of sp³-hybridized carbons (Fsp3) is 0.600. The van der Waals surface area contributed by atoms with Crippen molar-refractivity contribution in [2.45, 2.75) is 44.9 Å². The van der Waals surface area contributed by atoms with Gasteiger partial charge in [-0.3, -0.25) is 0 Å². The highest BCUT2D eigenvalue weighted by Crippen LogP contribution is 2.25. The second kappa shape index (κ2) is 6.50. The van der Waals surface area contributed by atoms with Crippen LogP contribution in [0, 0.1) is 11.6 Å². The largest absolute Gasteiger partial charge is 0.393 e. The third-order valence-electron chi connectivity index (χ3n) is 3.51. The van der Waals surface area contributed by atoms with Gasteiger partial charge in [0.25, 0.3) is 0 Å². The summed E-state index contributed by atoms with van der Waals surface area (Å²) in [6.45, 7) is 2.56. The van der Waals surface area contributed by atoms with Gasteiger partial charge < -0.3 is 15.3 Å². The van der Waals surface area contributed by atoms with Crippen molar-refractivity contribution >= 4 is 5.69 Å². The van der Waals surface area contributed by atoms with Crippen LogP contribution >= 0.6 is 0 Å². The number of aliphatic hydroxyl groups is 1. The van der Waals surface area contributed by atoms with E-state index in [0.717, 1.165) is 12.8 Å². The molecule has 3 nitrogen and oxygen atoms in total. The Kier molecular flexibility index (Phi) is 4.94. The second-order valence-electron chi connectivity index (χ2n) is 5.62. The average molecular weight is 284 g/mol. The van der Waals surface area contributed by atoms with Gasteiger partial charge in [-0.25, -0.2) is 8.78 Å². The maximum atomic E-state index is 14.1. The average Bonchev–Trinajstić information content (AvgIpc) is 3.17. The van der Waals surface area contributed by atoms with E-state index in [9.17, 15) is 13.9 Å². The molecule has 1 aliphatic carbocycles.